The zero-order valence-corrected chi connectivity index (χ0v) is 9.61. The normalized spacial score (nSPS) is 11.3. The van der Waals surface area contributed by atoms with E-state index in [1.165, 1.54) is 24.3 Å². The van der Waals surface area contributed by atoms with Gasteiger partial charge < -0.3 is 0 Å². The van der Waals surface area contributed by atoms with Gasteiger partial charge in [0.1, 0.15) is 10.0 Å². The van der Waals surface area contributed by atoms with Crippen LogP contribution in [0.15, 0.2) is 39.9 Å². The van der Waals surface area contributed by atoms with Crippen LogP contribution in [-0.2, 0) is 10.0 Å². The molecule has 3 nitrogen and oxygen atoms in total. The van der Waals surface area contributed by atoms with E-state index in [9.17, 15) is 12.8 Å². The number of rotatable bonds is 3. The monoisotopic (exact) mass is 256 g/mol. The summed E-state index contributed by atoms with van der Waals surface area (Å²) in [5.74, 6) is -0.605. The summed E-state index contributed by atoms with van der Waals surface area (Å²) in [5.41, 5.74) is 0.0911. The summed E-state index contributed by atoms with van der Waals surface area (Å²) in [7, 11) is -3.62. The molecule has 0 aliphatic carbocycles. The number of hydrogen-bond acceptors (Lipinski definition) is 3. The molecular weight excluding hydrogens is 249 g/mol. The molecule has 16 heavy (non-hydrogen) atoms. The van der Waals surface area contributed by atoms with E-state index < -0.39 is 15.8 Å². The Kier molecular flexibility index (Phi) is 2.93. The zero-order valence-electron chi connectivity index (χ0n) is 7.98. The first kappa shape index (κ1) is 11.1. The van der Waals surface area contributed by atoms with Crippen LogP contribution < -0.4 is 4.72 Å². The molecular formula is C10H7FNO2S2. The highest BCUT2D eigenvalue weighted by molar-refractivity contribution is 7.94. The Morgan fingerprint density at radius 2 is 2.06 bits per heavy atom. The molecule has 6 heteroatoms. The van der Waals surface area contributed by atoms with Crippen molar-refractivity contribution in [2.45, 2.75) is 4.21 Å². The lowest BCUT2D eigenvalue weighted by molar-refractivity contribution is 0.603. The average molecular weight is 256 g/mol. The van der Waals surface area contributed by atoms with Gasteiger partial charge in [-0.3, -0.25) is 4.72 Å². The number of anilines is 1. The summed E-state index contributed by atoms with van der Waals surface area (Å²) >= 11 is 1.10. The zero-order chi connectivity index (χ0) is 11.6. The smallest absolute Gasteiger partial charge is 0.271 e. The van der Waals surface area contributed by atoms with Gasteiger partial charge in [0.15, 0.2) is 0 Å². The molecule has 1 aromatic carbocycles. The van der Waals surface area contributed by atoms with Crippen LogP contribution in [0.2, 0.25) is 0 Å². The summed E-state index contributed by atoms with van der Waals surface area (Å²) in [4.78, 5) is 0. The van der Waals surface area contributed by atoms with Crippen molar-refractivity contribution in [1.82, 2.24) is 0 Å². The number of nitrogens with one attached hydrogen (secondary N) is 1. The Balaban J connectivity index is 2.29. The van der Waals surface area contributed by atoms with Gasteiger partial charge in [-0.05, 0) is 23.6 Å². The maximum atomic E-state index is 12.8. The maximum Gasteiger partial charge on any atom is 0.271 e. The first-order valence-corrected chi connectivity index (χ1v) is 6.68. The van der Waals surface area contributed by atoms with Crippen LogP contribution in [0, 0.1) is 11.9 Å². The molecule has 1 heterocycles. The second-order valence-corrected chi connectivity index (χ2v) is 5.81. The first-order chi connectivity index (χ1) is 7.58. The lowest BCUT2D eigenvalue weighted by Crippen LogP contribution is -2.11. The molecule has 83 valence electrons. The molecule has 0 fully saturated rings. The number of hydrogen-bond donors (Lipinski definition) is 1. The maximum absolute atomic E-state index is 12.8. The highest BCUT2D eigenvalue weighted by atomic mass is 32.2. The molecule has 1 N–H and O–H groups in total. The van der Waals surface area contributed by atoms with Crippen molar-refractivity contribution in [1.29, 1.82) is 0 Å². The van der Waals surface area contributed by atoms with Gasteiger partial charge in [0.2, 0.25) is 0 Å². The molecule has 0 spiro atoms. The number of halogens is 1. The molecule has 0 atom stereocenters. The van der Waals surface area contributed by atoms with Gasteiger partial charge in [0.25, 0.3) is 10.0 Å². The van der Waals surface area contributed by atoms with Crippen LogP contribution in [0.4, 0.5) is 10.1 Å². The van der Waals surface area contributed by atoms with Gasteiger partial charge in [0.05, 0.1) is 5.69 Å². The molecule has 0 bridgehead atoms. The van der Waals surface area contributed by atoms with Gasteiger partial charge in [0, 0.05) is 6.07 Å². The van der Waals surface area contributed by atoms with Gasteiger partial charge in [-0.1, -0.05) is 12.1 Å². The molecule has 0 amide bonds. The lowest BCUT2D eigenvalue weighted by Gasteiger charge is -2.05. The minimum atomic E-state index is -3.62. The Labute approximate surface area is 96.6 Å². The van der Waals surface area contributed by atoms with Crippen molar-refractivity contribution < 1.29 is 12.8 Å². The van der Waals surface area contributed by atoms with Gasteiger partial charge in [-0.15, -0.1) is 11.3 Å². The summed E-state index contributed by atoms with van der Waals surface area (Å²) in [6.45, 7) is 0. The van der Waals surface area contributed by atoms with E-state index in [1.54, 1.807) is 11.4 Å². The van der Waals surface area contributed by atoms with Gasteiger partial charge >= 0.3 is 0 Å². The van der Waals surface area contributed by atoms with Gasteiger partial charge in [-0.25, -0.2) is 12.8 Å². The Hall–Kier alpha value is -1.40. The molecule has 2 aromatic rings. The van der Waals surface area contributed by atoms with E-state index >= 15 is 0 Å². The van der Waals surface area contributed by atoms with E-state index in [4.69, 9.17) is 0 Å². The predicted molar refractivity (Wildman–Crippen MR) is 60.4 cm³/mol. The second-order valence-electron chi connectivity index (χ2n) is 2.95. The molecule has 0 saturated heterocycles. The van der Waals surface area contributed by atoms with Crippen LogP contribution in [-0.4, -0.2) is 8.42 Å². The van der Waals surface area contributed by atoms with Gasteiger partial charge in [-0.2, -0.15) is 0 Å². The fourth-order valence-corrected chi connectivity index (χ4v) is 3.13. The molecule has 1 aromatic heterocycles. The van der Waals surface area contributed by atoms with E-state index in [0.717, 1.165) is 11.3 Å². The summed E-state index contributed by atoms with van der Waals surface area (Å²) in [5, 5.41) is 1.66. The third-order valence-electron chi connectivity index (χ3n) is 1.76. The highest BCUT2D eigenvalue weighted by Gasteiger charge is 2.15. The third kappa shape index (κ3) is 2.40. The first-order valence-electron chi connectivity index (χ1n) is 4.32. The van der Waals surface area contributed by atoms with Crippen molar-refractivity contribution in [3.8, 4) is 0 Å². The van der Waals surface area contributed by atoms with E-state index in [2.05, 4.69) is 10.8 Å². The van der Waals surface area contributed by atoms with Crippen LogP contribution in [0.5, 0.6) is 0 Å². The van der Waals surface area contributed by atoms with Crippen molar-refractivity contribution in [3.05, 3.63) is 47.6 Å². The van der Waals surface area contributed by atoms with Crippen LogP contribution >= 0.6 is 11.3 Å². The third-order valence-corrected chi connectivity index (χ3v) is 4.53. The molecule has 2 rings (SSSR count). The van der Waals surface area contributed by atoms with E-state index in [0.29, 0.717) is 0 Å². The molecule has 0 saturated carbocycles. The molecule has 0 aliphatic heterocycles. The molecule has 1 radical (unpaired) electrons. The highest BCUT2D eigenvalue weighted by Crippen LogP contribution is 2.19. The Morgan fingerprint density at radius 3 is 2.69 bits per heavy atom. The van der Waals surface area contributed by atoms with Crippen molar-refractivity contribution in [3.63, 3.8) is 0 Å². The fraction of sp³-hybridized carbons (Fsp3) is 0. The SMILES string of the molecule is O=S(=O)(Nc1[c]c(F)ccc1)c1cccs1. The largest absolute Gasteiger partial charge is 0.278 e. The minimum absolute atomic E-state index is 0.0911. The van der Waals surface area contributed by atoms with Crippen LogP contribution in [0.3, 0.4) is 0 Å². The minimum Gasteiger partial charge on any atom is -0.278 e. The van der Waals surface area contributed by atoms with E-state index in [1.807, 2.05) is 0 Å². The summed E-state index contributed by atoms with van der Waals surface area (Å²) < 4.78 is 38.7. The van der Waals surface area contributed by atoms with Crippen LogP contribution in [0.1, 0.15) is 0 Å². The average Bonchev–Trinajstić information content (AvgIpc) is 2.69. The van der Waals surface area contributed by atoms with Crippen molar-refractivity contribution >= 4 is 27.0 Å². The standard InChI is InChI=1S/C10H7FNO2S2/c11-8-3-1-4-9(7-8)12-16(13,14)10-5-2-6-15-10/h1-6,12H. The number of sulfonamides is 1. The van der Waals surface area contributed by atoms with E-state index in [-0.39, 0.29) is 9.90 Å². The predicted octanol–water partition coefficient (Wildman–Crippen LogP) is 2.49. The second kappa shape index (κ2) is 4.23. The lowest BCUT2D eigenvalue weighted by atomic mass is 10.3. The number of thiophene rings is 1. The Bertz CT molecular complexity index is 579. The van der Waals surface area contributed by atoms with Crippen molar-refractivity contribution in [2.24, 2.45) is 0 Å². The summed E-state index contributed by atoms with van der Waals surface area (Å²) in [6.07, 6.45) is 0. The molecule has 0 unspecified atom stereocenters. The number of benzene rings is 1. The van der Waals surface area contributed by atoms with Crippen molar-refractivity contribution in [2.75, 3.05) is 4.72 Å². The fourth-order valence-electron chi connectivity index (χ4n) is 1.11. The van der Waals surface area contributed by atoms with Crippen LogP contribution in [0.25, 0.3) is 0 Å². The summed E-state index contributed by atoms with van der Waals surface area (Å²) in [6, 6.07) is 9.44. The quantitative estimate of drug-likeness (QED) is 0.917. The topological polar surface area (TPSA) is 46.2 Å². The molecule has 0 aliphatic rings. The Morgan fingerprint density at radius 1 is 1.25 bits per heavy atom.